The quantitative estimate of drug-likeness (QED) is 0.560. The van der Waals surface area contributed by atoms with E-state index in [-0.39, 0.29) is 0 Å². The summed E-state index contributed by atoms with van der Waals surface area (Å²) >= 11 is 0. The predicted molar refractivity (Wildman–Crippen MR) is 129 cm³/mol. The van der Waals surface area contributed by atoms with Gasteiger partial charge in [0.1, 0.15) is 0 Å². The summed E-state index contributed by atoms with van der Waals surface area (Å²) < 4.78 is 16.3. The number of fused-ring (bicyclic) bond motifs is 1. The van der Waals surface area contributed by atoms with Crippen LogP contribution < -0.4 is 9.47 Å². The Kier molecular flexibility index (Phi) is 8.06. The molecule has 1 heterocycles. The van der Waals surface area contributed by atoms with Crippen molar-refractivity contribution in [1.29, 1.82) is 0 Å². The topological polar surface area (TPSA) is 34.2 Å². The van der Waals surface area contributed by atoms with E-state index in [1.807, 2.05) is 6.07 Å². The second kappa shape index (κ2) is 11.2. The lowest BCUT2D eigenvalue weighted by Gasteiger charge is -2.39. The Morgan fingerprint density at radius 3 is 2.41 bits per heavy atom. The molecule has 0 amide bonds. The van der Waals surface area contributed by atoms with Gasteiger partial charge in [0.05, 0.1) is 20.8 Å². The molecule has 1 aliphatic heterocycles. The second-order valence-electron chi connectivity index (χ2n) is 9.25. The normalized spacial score (nSPS) is 19.3. The lowest BCUT2D eigenvalue weighted by atomic mass is 9.95. The van der Waals surface area contributed by atoms with Crippen molar-refractivity contribution in [1.82, 2.24) is 9.80 Å². The minimum Gasteiger partial charge on any atom is -0.493 e. The van der Waals surface area contributed by atoms with Crippen LogP contribution >= 0.6 is 0 Å². The van der Waals surface area contributed by atoms with Crippen LogP contribution in [0.1, 0.15) is 29.5 Å². The summed E-state index contributed by atoms with van der Waals surface area (Å²) in [6.07, 6.45) is 5.03. The fraction of sp³-hybridized carbons (Fsp3) is 0.556. The van der Waals surface area contributed by atoms with Gasteiger partial charge in [0.2, 0.25) is 0 Å². The van der Waals surface area contributed by atoms with Gasteiger partial charge in [-0.15, -0.1) is 0 Å². The number of methoxy groups -OCH3 is 3. The van der Waals surface area contributed by atoms with Gasteiger partial charge in [-0.25, -0.2) is 0 Å². The van der Waals surface area contributed by atoms with Crippen LogP contribution in [0.25, 0.3) is 0 Å². The average Bonchev–Trinajstić information content (AvgIpc) is 3.27. The number of rotatable bonds is 10. The van der Waals surface area contributed by atoms with Crippen molar-refractivity contribution in [2.45, 2.75) is 38.3 Å². The van der Waals surface area contributed by atoms with E-state index in [2.05, 4.69) is 46.2 Å². The highest BCUT2D eigenvalue weighted by Gasteiger charge is 2.31. The Labute approximate surface area is 193 Å². The summed E-state index contributed by atoms with van der Waals surface area (Å²) in [7, 11) is 5.16. The van der Waals surface area contributed by atoms with Crippen LogP contribution in [-0.2, 0) is 24.1 Å². The van der Waals surface area contributed by atoms with Crippen LogP contribution in [0.4, 0.5) is 0 Å². The lowest BCUT2D eigenvalue weighted by Crippen LogP contribution is -2.46. The average molecular weight is 439 g/mol. The predicted octanol–water partition coefficient (Wildman–Crippen LogP) is 4.03. The van der Waals surface area contributed by atoms with Gasteiger partial charge in [-0.2, -0.15) is 0 Å². The van der Waals surface area contributed by atoms with Gasteiger partial charge in [-0.05, 0) is 67.0 Å². The molecule has 0 aromatic heterocycles. The molecule has 32 heavy (non-hydrogen) atoms. The maximum Gasteiger partial charge on any atom is 0.161 e. The van der Waals surface area contributed by atoms with Crippen LogP contribution in [-0.4, -0.2) is 70.0 Å². The van der Waals surface area contributed by atoms with E-state index in [1.54, 1.807) is 32.5 Å². The largest absolute Gasteiger partial charge is 0.493 e. The Bertz CT molecular complexity index is 847. The summed E-state index contributed by atoms with van der Waals surface area (Å²) in [5.41, 5.74) is 4.35. The Morgan fingerprint density at radius 1 is 0.969 bits per heavy atom. The van der Waals surface area contributed by atoms with Gasteiger partial charge < -0.3 is 14.2 Å². The molecule has 1 unspecified atom stereocenters. The summed E-state index contributed by atoms with van der Waals surface area (Å²) in [6, 6.07) is 15.9. The van der Waals surface area contributed by atoms with E-state index in [1.165, 1.54) is 44.3 Å². The van der Waals surface area contributed by atoms with Crippen molar-refractivity contribution in [2.24, 2.45) is 5.92 Å². The standard InChI is InChI=1S/C27H38N2O3/c1-30-14-13-28(18-21-10-11-26(31-2)27(15-21)32-3)19-22-7-6-12-29(20-22)25-16-23-8-4-5-9-24(23)17-25/h4-5,8-11,15,22,25H,6-7,12-14,16-20H2,1-3H3. The number of hydrogen-bond donors (Lipinski definition) is 0. The zero-order valence-corrected chi connectivity index (χ0v) is 19.9. The van der Waals surface area contributed by atoms with Crippen LogP contribution in [0.15, 0.2) is 42.5 Å². The van der Waals surface area contributed by atoms with Crippen molar-refractivity contribution in [2.75, 3.05) is 54.1 Å². The zero-order valence-electron chi connectivity index (χ0n) is 19.9. The molecule has 4 rings (SSSR count). The summed E-state index contributed by atoms with van der Waals surface area (Å²) in [5.74, 6) is 2.27. The van der Waals surface area contributed by atoms with Crippen LogP contribution in [0, 0.1) is 5.92 Å². The minimum atomic E-state index is 0.675. The van der Waals surface area contributed by atoms with Gasteiger partial charge in [-0.1, -0.05) is 30.3 Å². The van der Waals surface area contributed by atoms with E-state index >= 15 is 0 Å². The molecular formula is C27H38N2O3. The molecule has 174 valence electrons. The third-order valence-electron chi connectivity index (χ3n) is 7.08. The third-order valence-corrected chi connectivity index (χ3v) is 7.08. The molecule has 0 bridgehead atoms. The smallest absolute Gasteiger partial charge is 0.161 e. The minimum absolute atomic E-state index is 0.675. The molecule has 0 radical (unpaired) electrons. The van der Waals surface area contributed by atoms with Crippen molar-refractivity contribution in [3.8, 4) is 11.5 Å². The molecule has 0 spiro atoms. The van der Waals surface area contributed by atoms with E-state index in [0.717, 1.165) is 37.7 Å². The van der Waals surface area contributed by atoms with Gasteiger partial charge in [0, 0.05) is 39.3 Å². The maximum absolute atomic E-state index is 5.51. The van der Waals surface area contributed by atoms with Gasteiger partial charge >= 0.3 is 0 Å². The van der Waals surface area contributed by atoms with Crippen molar-refractivity contribution in [3.05, 3.63) is 59.2 Å². The summed E-state index contributed by atoms with van der Waals surface area (Å²) in [4.78, 5) is 5.31. The molecule has 5 nitrogen and oxygen atoms in total. The molecule has 0 saturated carbocycles. The maximum atomic E-state index is 5.51. The SMILES string of the molecule is COCCN(Cc1ccc(OC)c(OC)c1)CC1CCCN(C2Cc3ccccc3C2)C1. The monoisotopic (exact) mass is 438 g/mol. The number of hydrogen-bond acceptors (Lipinski definition) is 5. The number of nitrogens with zero attached hydrogens (tertiary/aromatic N) is 2. The van der Waals surface area contributed by atoms with Gasteiger partial charge in [0.25, 0.3) is 0 Å². The Morgan fingerprint density at radius 2 is 1.72 bits per heavy atom. The molecule has 2 aromatic rings. The number of likely N-dealkylation sites (tertiary alicyclic amines) is 1. The molecule has 0 N–H and O–H groups in total. The Hall–Kier alpha value is -2.08. The molecule has 1 aliphatic carbocycles. The second-order valence-corrected chi connectivity index (χ2v) is 9.25. The van der Waals surface area contributed by atoms with Crippen LogP contribution in [0.5, 0.6) is 11.5 Å². The third kappa shape index (κ3) is 5.64. The Balaban J connectivity index is 1.38. The van der Waals surface area contributed by atoms with E-state index < -0.39 is 0 Å². The molecule has 2 aliphatic rings. The van der Waals surface area contributed by atoms with Crippen LogP contribution in [0.3, 0.4) is 0 Å². The summed E-state index contributed by atoms with van der Waals surface area (Å²) in [6.45, 7) is 6.14. The summed E-state index contributed by atoms with van der Waals surface area (Å²) in [5, 5.41) is 0. The fourth-order valence-corrected chi connectivity index (χ4v) is 5.43. The van der Waals surface area contributed by atoms with E-state index in [0.29, 0.717) is 12.0 Å². The first-order valence-corrected chi connectivity index (χ1v) is 11.9. The highest BCUT2D eigenvalue weighted by Crippen LogP contribution is 2.30. The van der Waals surface area contributed by atoms with Gasteiger partial charge in [0.15, 0.2) is 11.5 Å². The number of benzene rings is 2. The molecule has 5 heteroatoms. The first kappa shape index (κ1) is 23.1. The van der Waals surface area contributed by atoms with Crippen molar-refractivity contribution < 1.29 is 14.2 Å². The van der Waals surface area contributed by atoms with Crippen LogP contribution in [0.2, 0.25) is 0 Å². The van der Waals surface area contributed by atoms with E-state index in [9.17, 15) is 0 Å². The molecule has 1 fully saturated rings. The number of piperidine rings is 1. The lowest BCUT2D eigenvalue weighted by molar-refractivity contribution is 0.0843. The van der Waals surface area contributed by atoms with Crippen molar-refractivity contribution in [3.63, 3.8) is 0 Å². The molecule has 1 atom stereocenters. The fourth-order valence-electron chi connectivity index (χ4n) is 5.43. The first-order chi connectivity index (χ1) is 15.7. The van der Waals surface area contributed by atoms with E-state index in [4.69, 9.17) is 14.2 Å². The van der Waals surface area contributed by atoms with Gasteiger partial charge in [-0.3, -0.25) is 9.80 Å². The zero-order chi connectivity index (χ0) is 22.3. The first-order valence-electron chi connectivity index (χ1n) is 11.9. The highest BCUT2D eigenvalue weighted by atomic mass is 16.5. The molecule has 2 aromatic carbocycles. The van der Waals surface area contributed by atoms with Crippen molar-refractivity contribution >= 4 is 0 Å². The number of ether oxygens (including phenoxy) is 3. The molecular weight excluding hydrogens is 400 g/mol. The molecule has 1 saturated heterocycles. The highest BCUT2D eigenvalue weighted by molar-refractivity contribution is 5.42.